The van der Waals surface area contributed by atoms with Gasteiger partial charge in [-0.15, -0.1) is 0 Å². The smallest absolute Gasteiger partial charge is 0.408 e. The van der Waals surface area contributed by atoms with E-state index in [9.17, 15) is 4.79 Å². The standard InChI is InChI=1S/C28H27Cl2N3O2/c1-27(2,3)35-26(34)32-28(14-7-15-28)20-12-10-18(11-13-20)24-25(19-8-5-4-6-9-19)33-17-22(30)21(29)16-23(33)31-24/h4-6,8-13,16-17H,7,14-15H2,1-3H3,(H,32,34). The summed E-state index contributed by atoms with van der Waals surface area (Å²) in [6, 6.07) is 20.1. The molecule has 1 aliphatic rings. The molecule has 0 spiro atoms. The zero-order valence-corrected chi connectivity index (χ0v) is 21.5. The second kappa shape index (κ2) is 8.89. The molecule has 35 heavy (non-hydrogen) atoms. The molecule has 2 aromatic carbocycles. The number of carbonyl (C=O) groups is 1. The number of nitrogens with zero attached hydrogens (tertiary/aromatic N) is 2. The number of ether oxygens (including phenoxy) is 1. The molecule has 5 rings (SSSR count). The molecule has 1 aliphatic carbocycles. The molecular formula is C28H27Cl2N3O2. The molecule has 7 heteroatoms. The summed E-state index contributed by atoms with van der Waals surface area (Å²) in [6.45, 7) is 5.61. The van der Waals surface area contributed by atoms with E-state index < -0.39 is 11.1 Å². The van der Waals surface area contributed by atoms with Gasteiger partial charge in [-0.2, -0.15) is 0 Å². The van der Waals surface area contributed by atoms with Crippen molar-refractivity contribution in [3.63, 3.8) is 0 Å². The third-order valence-corrected chi connectivity index (χ3v) is 7.08. The van der Waals surface area contributed by atoms with Crippen LogP contribution in [-0.2, 0) is 10.3 Å². The summed E-state index contributed by atoms with van der Waals surface area (Å²) < 4.78 is 7.49. The van der Waals surface area contributed by atoms with Gasteiger partial charge in [0, 0.05) is 23.4 Å². The molecule has 0 atom stereocenters. The van der Waals surface area contributed by atoms with Gasteiger partial charge in [0.15, 0.2) is 0 Å². The van der Waals surface area contributed by atoms with Gasteiger partial charge in [-0.25, -0.2) is 9.78 Å². The molecule has 0 saturated heterocycles. The molecule has 0 bridgehead atoms. The van der Waals surface area contributed by atoms with E-state index in [4.69, 9.17) is 32.9 Å². The Morgan fingerprint density at radius 3 is 2.29 bits per heavy atom. The molecule has 1 saturated carbocycles. The van der Waals surface area contributed by atoms with Crippen LogP contribution < -0.4 is 5.32 Å². The highest BCUT2D eigenvalue weighted by Gasteiger charge is 2.41. The Hall–Kier alpha value is -3.02. The summed E-state index contributed by atoms with van der Waals surface area (Å²) in [5.41, 5.74) is 4.62. The molecule has 1 amide bonds. The summed E-state index contributed by atoms with van der Waals surface area (Å²) in [5.74, 6) is 0. The fraction of sp³-hybridized carbons (Fsp3) is 0.286. The average molecular weight is 508 g/mol. The van der Waals surface area contributed by atoms with Crippen molar-refractivity contribution in [3.05, 3.63) is 82.5 Å². The van der Waals surface area contributed by atoms with Crippen molar-refractivity contribution in [2.24, 2.45) is 0 Å². The number of hydrogen-bond acceptors (Lipinski definition) is 3. The number of fused-ring (bicyclic) bond motifs is 1. The maximum atomic E-state index is 12.5. The Morgan fingerprint density at radius 2 is 1.69 bits per heavy atom. The predicted molar refractivity (Wildman–Crippen MR) is 141 cm³/mol. The summed E-state index contributed by atoms with van der Waals surface area (Å²) in [7, 11) is 0. The number of aromatic nitrogens is 2. The van der Waals surface area contributed by atoms with E-state index in [0.29, 0.717) is 10.0 Å². The number of benzene rings is 2. The topological polar surface area (TPSA) is 55.6 Å². The zero-order valence-electron chi connectivity index (χ0n) is 19.9. The number of alkyl carbamates (subject to hydrolysis) is 1. The van der Waals surface area contributed by atoms with Crippen LogP contribution in [-0.4, -0.2) is 21.1 Å². The van der Waals surface area contributed by atoms with Crippen molar-refractivity contribution >= 4 is 34.9 Å². The van der Waals surface area contributed by atoms with Crippen molar-refractivity contribution in [3.8, 4) is 22.5 Å². The number of hydrogen-bond donors (Lipinski definition) is 1. The molecule has 180 valence electrons. The molecule has 4 aromatic rings. The van der Waals surface area contributed by atoms with Gasteiger partial charge >= 0.3 is 6.09 Å². The molecule has 5 nitrogen and oxygen atoms in total. The maximum Gasteiger partial charge on any atom is 0.408 e. The average Bonchev–Trinajstić information content (AvgIpc) is 3.14. The lowest BCUT2D eigenvalue weighted by Gasteiger charge is -2.43. The number of nitrogens with one attached hydrogen (secondary N) is 1. The van der Waals surface area contributed by atoms with Gasteiger partial charge in [-0.3, -0.25) is 4.40 Å². The first-order chi connectivity index (χ1) is 16.7. The Balaban J connectivity index is 1.54. The molecule has 1 fully saturated rings. The van der Waals surface area contributed by atoms with E-state index in [1.54, 1.807) is 12.3 Å². The largest absolute Gasteiger partial charge is 0.444 e. The van der Waals surface area contributed by atoms with Crippen LogP contribution >= 0.6 is 23.2 Å². The monoisotopic (exact) mass is 507 g/mol. The molecule has 0 aliphatic heterocycles. The summed E-state index contributed by atoms with van der Waals surface area (Å²) in [5, 5.41) is 4.05. The van der Waals surface area contributed by atoms with Crippen LogP contribution in [0.25, 0.3) is 28.2 Å². The predicted octanol–water partition coefficient (Wildman–Crippen LogP) is 7.88. The fourth-order valence-electron chi connectivity index (χ4n) is 4.58. The van der Waals surface area contributed by atoms with Gasteiger partial charge in [0.2, 0.25) is 0 Å². The highest BCUT2D eigenvalue weighted by Crippen LogP contribution is 2.43. The summed E-state index contributed by atoms with van der Waals surface area (Å²) in [6.07, 6.45) is 4.24. The first-order valence-electron chi connectivity index (χ1n) is 11.7. The van der Waals surface area contributed by atoms with Gasteiger partial charge in [-0.05, 0) is 45.6 Å². The number of carbonyl (C=O) groups excluding carboxylic acids is 1. The van der Waals surface area contributed by atoms with E-state index in [0.717, 1.165) is 53.0 Å². The quantitative estimate of drug-likeness (QED) is 0.305. The third-order valence-electron chi connectivity index (χ3n) is 6.37. The zero-order chi connectivity index (χ0) is 24.8. The van der Waals surface area contributed by atoms with Crippen molar-refractivity contribution in [1.82, 2.24) is 14.7 Å². The number of halogens is 2. The first kappa shape index (κ1) is 23.7. The second-order valence-corrected chi connectivity index (χ2v) is 10.8. The Bertz CT molecular complexity index is 1390. The third kappa shape index (κ3) is 4.63. The summed E-state index contributed by atoms with van der Waals surface area (Å²) in [4.78, 5) is 17.4. The highest BCUT2D eigenvalue weighted by atomic mass is 35.5. The number of amides is 1. The highest BCUT2D eigenvalue weighted by molar-refractivity contribution is 6.42. The molecule has 0 radical (unpaired) electrons. The fourth-order valence-corrected chi connectivity index (χ4v) is 4.87. The van der Waals surface area contributed by atoms with E-state index in [1.165, 1.54) is 0 Å². The van der Waals surface area contributed by atoms with Crippen LogP contribution in [0.5, 0.6) is 0 Å². The first-order valence-corrected chi connectivity index (χ1v) is 12.5. The second-order valence-electron chi connectivity index (χ2n) is 10.0. The Labute approximate surface area is 215 Å². The van der Waals surface area contributed by atoms with Crippen LogP contribution in [0.2, 0.25) is 10.0 Å². The minimum Gasteiger partial charge on any atom is -0.444 e. The SMILES string of the molecule is CC(C)(C)OC(=O)NC1(c2ccc(-c3nc4cc(Cl)c(Cl)cn4c3-c3ccccc3)cc2)CCC1. The normalized spacial score (nSPS) is 15.0. The molecule has 2 heterocycles. The van der Waals surface area contributed by atoms with Gasteiger partial charge in [0.25, 0.3) is 0 Å². The van der Waals surface area contributed by atoms with E-state index in [2.05, 4.69) is 41.7 Å². The lowest BCUT2D eigenvalue weighted by Crippen LogP contribution is -2.52. The minimum atomic E-state index is -0.540. The lowest BCUT2D eigenvalue weighted by molar-refractivity contribution is 0.0377. The van der Waals surface area contributed by atoms with Crippen LogP contribution in [0.15, 0.2) is 66.9 Å². The Morgan fingerprint density at radius 1 is 1.00 bits per heavy atom. The molecule has 2 aromatic heterocycles. The Kier molecular flexibility index (Phi) is 6.02. The van der Waals surface area contributed by atoms with Crippen LogP contribution in [0.1, 0.15) is 45.6 Å². The minimum absolute atomic E-state index is 0.387. The molecule has 1 N–H and O–H groups in total. The summed E-state index contributed by atoms with van der Waals surface area (Å²) >= 11 is 12.6. The number of imidazole rings is 1. The number of pyridine rings is 1. The van der Waals surface area contributed by atoms with Gasteiger partial charge in [0.1, 0.15) is 11.2 Å². The van der Waals surface area contributed by atoms with Crippen LogP contribution in [0, 0.1) is 0 Å². The van der Waals surface area contributed by atoms with Crippen molar-refractivity contribution in [2.75, 3.05) is 0 Å². The van der Waals surface area contributed by atoms with E-state index in [-0.39, 0.29) is 6.09 Å². The lowest BCUT2D eigenvalue weighted by atomic mass is 9.71. The maximum absolute atomic E-state index is 12.5. The molecule has 0 unspecified atom stereocenters. The van der Waals surface area contributed by atoms with E-state index >= 15 is 0 Å². The van der Waals surface area contributed by atoms with Gasteiger partial charge < -0.3 is 10.1 Å². The van der Waals surface area contributed by atoms with Gasteiger partial charge in [0.05, 0.1) is 27.0 Å². The number of rotatable bonds is 4. The van der Waals surface area contributed by atoms with Crippen molar-refractivity contribution in [1.29, 1.82) is 0 Å². The van der Waals surface area contributed by atoms with Gasteiger partial charge in [-0.1, -0.05) is 77.8 Å². The van der Waals surface area contributed by atoms with Crippen molar-refractivity contribution < 1.29 is 9.53 Å². The van der Waals surface area contributed by atoms with E-state index in [1.807, 2.05) is 43.4 Å². The molecular weight excluding hydrogens is 481 g/mol. The van der Waals surface area contributed by atoms with Crippen molar-refractivity contribution in [2.45, 2.75) is 51.2 Å². The van der Waals surface area contributed by atoms with Crippen LogP contribution in [0.4, 0.5) is 4.79 Å². The van der Waals surface area contributed by atoms with Crippen LogP contribution in [0.3, 0.4) is 0 Å².